The molecule has 8 rings (SSSR count). The Morgan fingerprint density at radius 3 is 1.82 bits per heavy atom. The van der Waals surface area contributed by atoms with E-state index in [9.17, 15) is 9.59 Å². The number of rotatable bonds is 7. The number of fused-ring (bicyclic) bond motifs is 4. The van der Waals surface area contributed by atoms with E-state index in [1.807, 2.05) is 53.1 Å². The molecule has 4 aromatic carbocycles. The number of halogens is 4. The number of H-pyrrole nitrogens is 2. The first-order valence-corrected chi connectivity index (χ1v) is 19.4. The monoisotopic (exact) mass is 796 g/mol. The third kappa shape index (κ3) is 7.23. The molecular formula is C37H32Cl4N6O2S2. The number of aromatic nitrogens is 2. The number of aromatic amines is 2. The van der Waals surface area contributed by atoms with Crippen LogP contribution in [0.4, 0.5) is 22.7 Å². The maximum absolute atomic E-state index is 12.1. The topological polar surface area (TPSA) is 96.3 Å². The first-order valence-electron chi connectivity index (χ1n) is 16.2. The van der Waals surface area contributed by atoms with E-state index in [0.29, 0.717) is 26.5 Å². The number of hydrogen-bond acceptors (Lipinski definition) is 6. The van der Waals surface area contributed by atoms with Gasteiger partial charge >= 0.3 is 0 Å². The van der Waals surface area contributed by atoms with Crippen molar-refractivity contribution in [2.24, 2.45) is 0 Å². The number of nitrogens with one attached hydrogen (secondary N) is 4. The average molecular weight is 799 g/mol. The number of anilines is 4. The van der Waals surface area contributed by atoms with Crippen LogP contribution < -0.4 is 19.2 Å². The first-order chi connectivity index (χ1) is 24.6. The summed E-state index contributed by atoms with van der Waals surface area (Å²) in [4.78, 5) is 35.9. The molecule has 6 aromatic rings. The molecule has 0 saturated carbocycles. The Kier molecular flexibility index (Phi) is 10.6. The largest absolute Gasteiger partial charge is 0.358 e. The Bertz CT molecular complexity index is 2310. The van der Waals surface area contributed by atoms with Crippen molar-refractivity contribution in [1.29, 1.82) is 0 Å². The highest BCUT2D eigenvalue weighted by Crippen LogP contribution is 2.39. The second kappa shape index (κ2) is 15.1. The number of nitrogens with zero attached hydrogens (tertiary/aromatic N) is 2. The Morgan fingerprint density at radius 2 is 1.24 bits per heavy atom. The molecule has 0 unspecified atom stereocenters. The van der Waals surface area contributed by atoms with Gasteiger partial charge in [-0.25, -0.2) is 0 Å². The van der Waals surface area contributed by atoms with Crippen molar-refractivity contribution in [3.05, 3.63) is 104 Å². The second-order valence-corrected chi connectivity index (χ2v) is 15.4. The molecule has 0 saturated heterocycles. The van der Waals surface area contributed by atoms with Gasteiger partial charge in [0.1, 0.15) is 0 Å². The van der Waals surface area contributed by atoms with Crippen LogP contribution in [0.5, 0.6) is 0 Å². The van der Waals surface area contributed by atoms with E-state index in [0.717, 1.165) is 80.3 Å². The van der Waals surface area contributed by atoms with E-state index in [4.69, 9.17) is 46.4 Å². The summed E-state index contributed by atoms with van der Waals surface area (Å²) in [6, 6.07) is 19.9. The third-order valence-electron chi connectivity index (χ3n) is 8.91. The van der Waals surface area contributed by atoms with Gasteiger partial charge in [0.25, 0.3) is 0 Å². The van der Waals surface area contributed by atoms with E-state index in [2.05, 4.69) is 43.7 Å². The quantitative estimate of drug-likeness (QED) is 0.120. The predicted molar refractivity (Wildman–Crippen MR) is 217 cm³/mol. The van der Waals surface area contributed by atoms with E-state index in [1.165, 1.54) is 35.0 Å². The fraction of sp³-hybridized carbons (Fsp3) is 0.189. The highest BCUT2D eigenvalue weighted by molar-refractivity contribution is 8.00. The average Bonchev–Trinajstić information content (AvgIpc) is 3.93. The van der Waals surface area contributed by atoms with Gasteiger partial charge in [-0.1, -0.05) is 59.4 Å². The van der Waals surface area contributed by atoms with Crippen LogP contribution in [0.3, 0.4) is 0 Å². The molecular weight excluding hydrogens is 766 g/mol. The minimum Gasteiger partial charge on any atom is -0.358 e. The normalized spacial score (nSPS) is 13.3. The Hall–Kier alpha value is -3.64. The van der Waals surface area contributed by atoms with Crippen LogP contribution in [0.25, 0.3) is 21.8 Å². The molecule has 0 bridgehead atoms. The van der Waals surface area contributed by atoms with Crippen LogP contribution in [0, 0.1) is 0 Å². The molecule has 4 heterocycles. The lowest BCUT2D eigenvalue weighted by Gasteiger charge is -2.17. The first kappa shape index (κ1) is 35.7. The molecule has 8 nitrogen and oxygen atoms in total. The van der Waals surface area contributed by atoms with Crippen molar-refractivity contribution in [3.8, 4) is 0 Å². The standard InChI is InChI=1S/C19H17Cl2N3OS.C18H15Cl2N3OS/c1-2-17(25)24-8-7-11-3-4-12(9-16(11)24)26-23-15-6-5-13(20)18-14(21)10-22-19(15)18;1-10(24)23-7-6-11-8-12(2-5-16(11)23)25-22-15-4-3-13(19)17-14(20)9-21-18(15)17/h3-6,9-10,22-23H,2,7-8H2,1H3;2-5,8-9,21-22H,6-7H2,1H3. The molecule has 262 valence electrons. The highest BCUT2D eigenvalue weighted by atomic mass is 35.5. The molecule has 0 aliphatic carbocycles. The Morgan fingerprint density at radius 1 is 0.686 bits per heavy atom. The zero-order chi connectivity index (χ0) is 35.8. The molecule has 51 heavy (non-hydrogen) atoms. The van der Waals surface area contributed by atoms with E-state index in [-0.39, 0.29) is 11.8 Å². The predicted octanol–water partition coefficient (Wildman–Crippen LogP) is 11.4. The third-order valence-corrected chi connectivity index (χ3v) is 11.8. The molecule has 0 atom stereocenters. The number of carbonyl (C=O) groups excluding carboxylic acids is 2. The van der Waals surface area contributed by atoms with Gasteiger partial charge in [0.2, 0.25) is 11.8 Å². The van der Waals surface area contributed by atoms with Gasteiger partial charge in [0.15, 0.2) is 0 Å². The molecule has 2 amide bonds. The van der Waals surface area contributed by atoms with Crippen molar-refractivity contribution < 1.29 is 9.59 Å². The van der Waals surface area contributed by atoms with Crippen molar-refractivity contribution in [2.45, 2.75) is 42.9 Å². The van der Waals surface area contributed by atoms with Gasteiger partial charge in [0, 0.05) is 70.8 Å². The molecule has 2 aliphatic rings. The lowest BCUT2D eigenvalue weighted by Crippen LogP contribution is -2.27. The van der Waals surface area contributed by atoms with Crippen LogP contribution >= 0.6 is 70.3 Å². The second-order valence-electron chi connectivity index (χ2n) is 12.0. The van der Waals surface area contributed by atoms with Crippen molar-refractivity contribution in [3.63, 3.8) is 0 Å². The summed E-state index contributed by atoms with van der Waals surface area (Å²) < 4.78 is 6.72. The smallest absolute Gasteiger partial charge is 0.226 e. The van der Waals surface area contributed by atoms with Crippen molar-refractivity contribution >= 4 is 127 Å². The summed E-state index contributed by atoms with van der Waals surface area (Å²) in [7, 11) is 0. The molecule has 14 heteroatoms. The maximum atomic E-state index is 12.1. The van der Waals surface area contributed by atoms with Crippen LogP contribution in [-0.2, 0) is 22.4 Å². The van der Waals surface area contributed by atoms with Crippen LogP contribution in [0.2, 0.25) is 20.1 Å². The number of carbonyl (C=O) groups is 2. The minimum absolute atomic E-state index is 0.0875. The van der Waals surface area contributed by atoms with Crippen molar-refractivity contribution in [1.82, 2.24) is 9.97 Å². The zero-order valence-electron chi connectivity index (χ0n) is 27.5. The SMILES string of the molecule is CC(=O)N1CCc2cc(SNc3ccc(Cl)c4c(Cl)c[nH]c34)ccc21.CCC(=O)N1CCc2ccc(SNc3ccc(Cl)c4c(Cl)c[nH]c34)cc21. The molecule has 4 N–H and O–H groups in total. The fourth-order valence-corrected chi connectivity index (χ4v) is 8.93. The Labute approximate surface area is 323 Å². The lowest BCUT2D eigenvalue weighted by molar-refractivity contribution is -0.118. The summed E-state index contributed by atoms with van der Waals surface area (Å²) in [5.41, 5.74) is 8.04. The number of amides is 2. The summed E-state index contributed by atoms with van der Waals surface area (Å²) in [5, 5.41) is 4.08. The summed E-state index contributed by atoms with van der Waals surface area (Å²) in [6.07, 6.45) is 5.79. The summed E-state index contributed by atoms with van der Waals surface area (Å²) >= 11 is 27.9. The van der Waals surface area contributed by atoms with Crippen LogP contribution in [0.1, 0.15) is 31.4 Å². The number of benzene rings is 4. The molecule has 0 spiro atoms. The van der Waals surface area contributed by atoms with Gasteiger partial charge < -0.3 is 29.2 Å². The van der Waals surface area contributed by atoms with E-state index >= 15 is 0 Å². The molecule has 2 aromatic heterocycles. The summed E-state index contributed by atoms with van der Waals surface area (Å²) in [5.74, 6) is 0.253. The van der Waals surface area contributed by atoms with Gasteiger partial charge in [-0.2, -0.15) is 0 Å². The summed E-state index contributed by atoms with van der Waals surface area (Å²) in [6.45, 7) is 5.02. The van der Waals surface area contributed by atoms with Crippen LogP contribution in [0.15, 0.2) is 82.8 Å². The van der Waals surface area contributed by atoms with Crippen molar-refractivity contribution in [2.75, 3.05) is 32.3 Å². The Balaban J connectivity index is 0.000000159. The van der Waals surface area contributed by atoms with E-state index < -0.39 is 0 Å². The van der Waals surface area contributed by atoms with Gasteiger partial charge in [-0.05, 0) is 102 Å². The van der Waals surface area contributed by atoms with Crippen LogP contribution in [-0.4, -0.2) is 34.9 Å². The molecule has 0 fully saturated rings. The van der Waals surface area contributed by atoms with Gasteiger partial charge in [0.05, 0.1) is 42.5 Å². The van der Waals surface area contributed by atoms with Gasteiger partial charge in [-0.3, -0.25) is 9.59 Å². The van der Waals surface area contributed by atoms with Gasteiger partial charge in [-0.15, -0.1) is 0 Å². The zero-order valence-corrected chi connectivity index (χ0v) is 32.2. The highest BCUT2D eigenvalue weighted by Gasteiger charge is 2.24. The number of hydrogen-bond donors (Lipinski definition) is 4. The lowest BCUT2D eigenvalue weighted by atomic mass is 10.2. The van der Waals surface area contributed by atoms with E-state index in [1.54, 1.807) is 19.3 Å². The fourth-order valence-electron chi connectivity index (χ4n) is 6.38. The molecule has 0 radical (unpaired) electrons. The maximum Gasteiger partial charge on any atom is 0.226 e. The minimum atomic E-state index is 0.0875. The molecule has 2 aliphatic heterocycles.